The Labute approximate surface area is 99.3 Å². The maximum atomic E-state index is 6.02. The molecule has 1 saturated heterocycles. The van der Waals surface area contributed by atoms with Crippen LogP contribution in [0.3, 0.4) is 0 Å². The average Bonchev–Trinajstić information content (AvgIpc) is 2.88. The summed E-state index contributed by atoms with van der Waals surface area (Å²) in [4.78, 5) is 0. The van der Waals surface area contributed by atoms with Crippen molar-refractivity contribution in [3.05, 3.63) is 11.6 Å². The van der Waals surface area contributed by atoms with E-state index in [9.17, 15) is 0 Å². The molecule has 90 valence electrons. The minimum Gasteiger partial charge on any atom is -0.366 e. The summed E-state index contributed by atoms with van der Waals surface area (Å²) in [6.07, 6.45) is 7.08. The first kappa shape index (κ1) is 10.8. The van der Waals surface area contributed by atoms with Gasteiger partial charge < -0.3 is 4.74 Å². The molecule has 0 unspecified atom stereocenters. The van der Waals surface area contributed by atoms with Gasteiger partial charge in [0.25, 0.3) is 0 Å². The Morgan fingerprint density at radius 2 is 2.19 bits per heavy atom. The van der Waals surface area contributed by atoms with E-state index in [1.54, 1.807) is 5.57 Å². The number of fused-ring (bicyclic) bond motifs is 3. The molecule has 16 heavy (non-hydrogen) atoms. The Morgan fingerprint density at radius 1 is 1.44 bits per heavy atom. The molecule has 3 rings (SSSR count). The number of allylic oxidation sites excluding steroid dienone is 2. The fourth-order valence-electron chi connectivity index (χ4n) is 4.20. The second kappa shape index (κ2) is 3.35. The van der Waals surface area contributed by atoms with Crippen LogP contribution in [0.5, 0.6) is 0 Å². The van der Waals surface area contributed by atoms with Gasteiger partial charge in [0.05, 0.1) is 11.7 Å². The molecule has 1 heteroatoms. The normalized spacial score (nSPS) is 50.7. The highest BCUT2D eigenvalue weighted by Gasteiger charge is 2.64. The molecule has 1 saturated carbocycles. The van der Waals surface area contributed by atoms with Gasteiger partial charge in [0.2, 0.25) is 0 Å². The van der Waals surface area contributed by atoms with Gasteiger partial charge in [0.1, 0.15) is 0 Å². The third-order valence-corrected chi connectivity index (χ3v) is 5.34. The van der Waals surface area contributed by atoms with E-state index in [1.165, 1.54) is 19.3 Å². The monoisotopic (exact) mass is 220 g/mol. The van der Waals surface area contributed by atoms with Crippen LogP contribution >= 0.6 is 0 Å². The zero-order chi connectivity index (χ0) is 11.5. The van der Waals surface area contributed by atoms with Crippen molar-refractivity contribution in [2.45, 2.75) is 58.7 Å². The molecule has 0 aromatic carbocycles. The topological polar surface area (TPSA) is 12.5 Å². The van der Waals surface area contributed by atoms with Crippen LogP contribution in [-0.4, -0.2) is 11.7 Å². The number of rotatable bonds is 1. The van der Waals surface area contributed by atoms with E-state index >= 15 is 0 Å². The molecule has 1 heterocycles. The van der Waals surface area contributed by atoms with Crippen LogP contribution in [0.2, 0.25) is 0 Å². The van der Waals surface area contributed by atoms with Crippen molar-refractivity contribution >= 4 is 0 Å². The van der Waals surface area contributed by atoms with Crippen molar-refractivity contribution in [3.63, 3.8) is 0 Å². The molecule has 0 aromatic rings. The first-order valence-corrected chi connectivity index (χ1v) is 6.87. The predicted molar refractivity (Wildman–Crippen MR) is 66.2 cm³/mol. The zero-order valence-electron chi connectivity index (χ0n) is 11.0. The predicted octanol–water partition coefficient (Wildman–Crippen LogP) is 3.79. The third kappa shape index (κ3) is 1.40. The molecule has 2 aliphatic carbocycles. The molecule has 1 aliphatic heterocycles. The Morgan fingerprint density at radius 3 is 2.88 bits per heavy atom. The maximum absolute atomic E-state index is 6.02. The molecule has 0 amide bonds. The Hall–Kier alpha value is -0.300. The highest BCUT2D eigenvalue weighted by atomic mass is 16.6. The van der Waals surface area contributed by atoms with E-state index in [2.05, 4.69) is 33.8 Å². The van der Waals surface area contributed by atoms with E-state index < -0.39 is 0 Å². The van der Waals surface area contributed by atoms with Gasteiger partial charge in [-0.05, 0) is 56.8 Å². The first-order valence-electron chi connectivity index (χ1n) is 6.87. The van der Waals surface area contributed by atoms with Crippen molar-refractivity contribution in [2.24, 2.45) is 23.7 Å². The minimum absolute atomic E-state index is 0.243. The summed E-state index contributed by atoms with van der Waals surface area (Å²) in [6, 6.07) is 0. The van der Waals surface area contributed by atoms with Gasteiger partial charge in [-0.3, -0.25) is 0 Å². The van der Waals surface area contributed by atoms with Gasteiger partial charge in [0.15, 0.2) is 0 Å². The summed E-state index contributed by atoms with van der Waals surface area (Å²) in [5, 5.41) is 0. The van der Waals surface area contributed by atoms with Crippen molar-refractivity contribution in [1.82, 2.24) is 0 Å². The third-order valence-electron chi connectivity index (χ3n) is 5.34. The molecule has 0 N–H and O–H groups in total. The maximum Gasteiger partial charge on any atom is 0.0954 e. The summed E-state index contributed by atoms with van der Waals surface area (Å²) in [6.45, 7) is 9.41. The van der Waals surface area contributed by atoms with Crippen LogP contribution in [0.15, 0.2) is 11.6 Å². The molecule has 0 radical (unpaired) electrons. The molecular weight excluding hydrogens is 196 g/mol. The molecular formula is C15H24O. The van der Waals surface area contributed by atoms with Gasteiger partial charge in [-0.2, -0.15) is 0 Å². The lowest BCUT2D eigenvalue weighted by atomic mass is 9.60. The molecule has 2 fully saturated rings. The molecule has 0 aromatic heterocycles. The summed E-state index contributed by atoms with van der Waals surface area (Å²) < 4.78 is 6.02. The van der Waals surface area contributed by atoms with E-state index in [4.69, 9.17) is 4.74 Å². The molecule has 0 spiro atoms. The van der Waals surface area contributed by atoms with E-state index in [1.807, 2.05) is 0 Å². The van der Waals surface area contributed by atoms with Crippen LogP contribution in [-0.2, 0) is 4.74 Å². The largest absolute Gasteiger partial charge is 0.366 e. The average molecular weight is 220 g/mol. The zero-order valence-corrected chi connectivity index (χ0v) is 11.0. The standard InChI is InChI=1S/C15H24O/c1-9(2)11-8-14-15(4,16-14)13-6-5-10(3)7-12(11)13/h7,9,11-14H,5-6,8H2,1-4H3/t11-,12+,13-,14-,15+/m1/s1. The van der Waals surface area contributed by atoms with Crippen LogP contribution in [0.1, 0.15) is 47.0 Å². The quantitative estimate of drug-likeness (QED) is 0.484. The number of ether oxygens (including phenoxy) is 1. The number of epoxide rings is 1. The lowest BCUT2D eigenvalue weighted by Crippen LogP contribution is -2.42. The van der Waals surface area contributed by atoms with E-state index in [0.717, 1.165) is 23.7 Å². The molecule has 5 atom stereocenters. The van der Waals surface area contributed by atoms with Crippen LogP contribution in [0, 0.1) is 23.7 Å². The van der Waals surface area contributed by atoms with Crippen molar-refractivity contribution in [1.29, 1.82) is 0 Å². The molecule has 0 bridgehead atoms. The summed E-state index contributed by atoms with van der Waals surface area (Å²) >= 11 is 0. The highest BCUT2D eigenvalue weighted by Crippen LogP contribution is 2.59. The van der Waals surface area contributed by atoms with Crippen molar-refractivity contribution < 1.29 is 4.74 Å². The second-order valence-corrected chi connectivity index (χ2v) is 6.67. The summed E-state index contributed by atoms with van der Waals surface area (Å²) in [7, 11) is 0. The van der Waals surface area contributed by atoms with E-state index in [0.29, 0.717) is 6.10 Å². The Bertz CT molecular complexity index is 330. The SMILES string of the molecule is CC1=C[C@H]2[C@@H](C(C)C)C[C@H]3O[C@@]3(C)[C@@H]2CC1. The van der Waals surface area contributed by atoms with Crippen LogP contribution < -0.4 is 0 Å². The molecule has 1 nitrogen and oxygen atoms in total. The van der Waals surface area contributed by atoms with Gasteiger partial charge in [-0.15, -0.1) is 0 Å². The van der Waals surface area contributed by atoms with Crippen molar-refractivity contribution in [2.75, 3.05) is 0 Å². The Kier molecular flexibility index (Phi) is 2.27. The highest BCUT2D eigenvalue weighted by molar-refractivity contribution is 5.20. The fourth-order valence-corrected chi connectivity index (χ4v) is 4.20. The minimum atomic E-state index is 0.243. The fraction of sp³-hybridized carbons (Fsp3) is 0.867. The summed E-state index contributed by atoms with van der Waals surface area (Å²) in [5.74, 6) is 3.23. The van der Waals surface area contributed by atoms with Gasteiger partial charge in [0, 0.05) is 0 Å². The van der Waals surface area contributed by atoms with Gasteiger partial charge in [-0.25, -0.2) is 0 Å². The Balaban J connectivity index is 1.92. The first-order chi connectivity index (χ1) is 7.52. The van der Waals surface area contributed by atoms with Crippen LogP contribution in [0.4, 0.5) is 0 Å². The second-order valence-electron chi connectivity index (χ2n) is 6.67. The molecule has 3 aliphatic rings. The number of hydrogen-bond donors (Lipinski definition) is 0. The lowest BCUT2D eigenvalue weighted by Gasteiger charge is -2.42. The van der Waals surface area contributed by atoms with Gasteiger partial charge >= 0.3 is 0 Å². The smallest absolute Gasteiger partial charge is 0.0954 e. The number of hydrogen-bond acceptors (Lipinski definition) is 1. The van der Waals surface area contributed by atoms with Crippen LogP contribution in [0.25, 0.3) is 0 Å². The lowest BCUT2D eigenvalue weighted by molar-refractivity contribution is 0.113. The van der Waals surface area contributed by atoms with Crippen molar-refractivity contribution in [3.8, 4) is 0 Å². The van der Waals surface area contributed by atoms with Gasteiger partial charge in [-0.1, -0.05) is 25.5 Å². The summed E-state index contributed by atoms with van der Waals surface area (Å²) in [5.41, 5.74) is 1.85. The van der Waals surface area contributed by atoms with E-state index in [-0.39, 0.29) is 5.60 Å².